The predicted octanol–water partition coefficient (Wildman–Crippen LogP) is 0.797. The first-order chi connectivity index (χ1) is 10.9. The number of hydrogen-bond donors (Lipinski definition) is 1. The zero-order chi connectivity index (χ0) is 16.4. The van der Waals surface area contributed by atoms with Gasteiger partial charge < -0.3 is 15.0 Å². The van der Waals surface area contributed by atoms with Gasteiger partial charge in [0.25, 0.3) is 0 Å². The average Bonchev–Trinajstić information content (AvgIpc) is 2.54. The van der Waals surface area contributed by atoms with Crippen molar-refractivity contribution in [2.45, 2.75) is 12.5 Å². The second kappa shape index (κ2) is 6.37. The van der Waals surface area contributed by atoms with E-state index in [4.69, 9.17) is 4.74 Å². The summed E-state index contributed by atoms with van der Waals surface area (Å²) in [6, 6.07) is 7.48. The van der Waals surface area contributed by atoms with Gasteiger partial charge in [-0.05, 0) is 6.07 Å². The molecular weight excluding hydrogens is 318 g/mol. The predicted molar refractivity (Wildman–Crippen MR) is 85.8 cm³/mol. The lowest BCUT2D eigenvalue weighted by Gasteiger charge is -2.35. The Hall–Kier alpha value is -1.80. The van der Waals surface area contributed by atoms with E-state index in [2.05, 4.69) is 5.32 Å². The second-order valence-corrected chi connectivity index (χ2v) is 7.81. The number of hydrogen-bond acceptors (Lipinski definition) is 4. The highest BCUT2D eigenvalue weighted by molar-refractivity contribution is 7.88. The highest BCUT2D eigenvalue weighted by Gasteiger charge is 2.28. The van der Waals surface area contributed by atoms with Gasteiger partial charge in [-0.25, -0.2) is 13.2 Å². The SMILES string of the molecule is CS(=O)(=O)N1CCN(C(=O)N[C@H]2CCOc3ccccc32)CC1. The monoisotopic (exact) mass is 339 g/mol. The molecule has 3 rings (SSSR count). The van der Waals surface area contributed by atoms with Crippen molar-refractivity contribution in [3.8, 4) is 5.75 Å². The van der Waals surface area contributed by atoms with E-state index in [0.717, 1.165) is 17.7 Å². The molecule has 23 heavy (non-hydrogen) atoms. The van der Waals surface area contributed by atoms with Gasteiger partial charge in [0.1, 0.15) is 5.75 Å². The number of rotatable bonds is 2. The van der Waals surface area contributed by atoms with E-state index < -0.39 is 10.0 Å². The first-order valence-electron chi connectivity index (χ1n) is 7.67. The number of nitrogens with zero attached hydrogens (tertiary/aromatic N) is 2. The summed E-state index contributed by atoms with van der Waals surface area (Å²) in [5.41, 5.74) is 0.988. The fourth-order valence-corrected chi connectivity index (χ4v) is 3.78. The Balaban J connectivity index is 1.61. The molecule has 7 nitrogen and oxygen atoms in total. The van der Waals surface area contributed by atoms with Crippen molar-refractivity contribution < 1.29 is 17.9 Å². The summed E-state index contributed by atoms with van der Waals surface area (Å²) in [6.07, 6.45) is 1.92. The lowest BCUT2D eigenvalue weighted by Crippen LogP contribution is -2.53. The Morgan fingerprint density at radius 2 is 1.91 bits per heavy atom. The van der Waals surface area contributed by atoms with E-state index in [-0.39, 0.29) is 12.1 Å². The Labute approximate surface area is 136 Å². The number of benzene rings is 1. The van der Waals surface area contributed by atoms with Crippen molar-refractivity contribution in [3.63, 3.8) is 0 Å². The first-order valence-corrected chi connectivity index (χ1v) is 9.52. The van der Waals surface area contributed by atoms with Crippen LogP contribution in [-0.4, -0.2) is 62.7 Å². The zero-order valence-electron chi connectivity index (χ0n) is 13.1. The average molecular weight is 339 g/mol. The van der Waals surface area contributed by atoms with Gasteiger partial charge in [0, 0.05) is 38.2 Å². The van der Waals surface area contributed by atoms with Crippen molar-refractivity contribution in [2.75, 3.05) is 39.0 Å². The maximum absolute atomic E-state index is 12.4. The number of sulfonamides is 1. The summed E-state index contributed by atoms with van der Waals surface area (Å²) in [5, 5.41) is 3.04. The number of ether oxygens (including phenoxy) is 1. The van der Waals surface area contributed by atoms with Crippen molar-refractivity contribution in [3.05, 3.63) is 29.8 Å². The molecule has 1 aromatic carbocycles. The number of amides is 2. The van der Waals surface area contributed by atoms with Crippen LogP contribution >= 0.6 is 0 Å². The van der Waals surface area contributed by atoms with Crippen molar-refractivity contribution in [1.82, 2.24) is 14.5 Å². The number of carbonyl (C=O) groups excluding carboxylic acids is 1. The standard InChI is InChI=1S/C15H21N3O4S/c1-23(20,21)18-9-7-17(8-10-18)15(19)16-13-6-11-22-14-5-3-2-4-12(13)14/h2-5,13H,6-11H2,1H3,(H,16,19)/t13-/m0/s1. The summed E-state index contributed by atoms with van der Waals surface area (Å²) < 4.78 is 30.0. The van der Waals surface area contributed by atoms with Crippen LogP contribution < -0.4 is 10.1 Å². The molecule has 0 spiro atoms. The molecule has 2 amide bonds. The molecule has 0 bridgehead atoms. The van der Waals surface area contributed by atoms with Gasteiger partial charge in [-0.15, -0.1) is 0 Å². The highest BCUT2D eigenvalue weighted by atomic mass is 32.2. The second-order valence-electron chi connectivity index (χ2n) is 5.83. The molecule has 8 heteroatoms. The van der Waals surface area contributed by atoms with Gasteiger partial charge in [0.15, 0.2) is 0 Å². The molecule has 1 aromatic rings. The van der Waals surface area contributed by atoms with Crippen molar-refractivity contribution in [1.29, 1.82) is 0 Å². The van der Waals surface area contributed by atoms with E-state index in [0.29, 0.717) is 32.8 Å². The van der Waals surface area contributed by atoms with Gasteiger partial charge in [-0.3, -0.25) is 0 Å². The molecule has 0 aliphatic carbocycles. The quantitative estimate of drug-likeness (QED) is 0.864. The largest absolute Gasteiger partial charge is 0.493 e. The van der Waals surface area contributed by atoms with Crippen LogP contribution in [0.1, 0.15) is 18.0 Å². The fraction of sp³-hybridized carbons (Fsp3) is 0.533. The number of nitrogens with one attached hydrogen (secondary N) is 1. The summed E-state index contributed by atoms with van der Waals surface area (Å²) >= 11 is 0. The molecule has 1 saturated heterocycles. The van der Waals surface area contributed by atoms with Gasteiger partial charge in [-0.2, -0.15) is 4.31 Å². The van der Waals surface area contributed by atoms with Gasteiger partial charge >= 0.3 is 6.03 Å². The Morgan fingerprint density at radius 3 is 2.61 bits per heavy atom. The molecule has 1 fully saturated rings. The fourth-order valence-electron chi connectivity index (χ4n) is 2.96. The van der Waals surface area contributed by atoms with Crippen LogP contribution in [0.15, 0.2) is 24.3 Å². The maximum atomic E-state index is 12.4. The molecule has 2 aliphatic rings. The van der Waals surface area contributed by atoms with E-state index in [1.165, 1.54) is 10.6 Å². The number of para-hydroxylation sites is 1. The molecule has 2 heterocycles. The lowest BCUT2D eigenvalue weighted by atomic mass is 10.0. The maximum Gasteiger partial charge on any atom is 0.317 e. The molecule has 0 unspecified atom stereocenters. The summed E-state index contributed by atoms with van der Waals surface area (Å²) in [5.74, 6) is 0.811. The smallest absolute Gasteiger partial charge is 0.317 e. The van der Waals surface area contributed by atoms with E-state index in [1.807, 2.05) is 24.3 Å². The Bertz CT molecular complexity index is 684. The van der Waals surface area contributed by atoms with Crippen LogP contribution in [-0.2, 0) is 10.0 Å². The number of urea groups is 1. The summed E-state index contributed by atoms with van der Waals surface area (Å²) in [7, 11) is -3.18. The molecule has 126 valence electrons. The minimum atomic E-state index is -3.18. The van der Waals surface area contributed by atoms with Crippen LogP contribution in [0.2, 0.25) is 0 Å². The van der Waals surface area contributed by atoms with Crippen LogP contribution in [0, 0.1) is 0 Å². The number of piperazine rings is 1. The summed E-state index contributed by atoms with van der Waals surface area (Å²) in [4.78, 5) is 14.1. The molecule has 0 aromatic heterocycles. The number of carbonyl (C=O) groups is 1. The Morgan fingerprint density at radius 1 is 1.22 bits per heavy atom. The third-order valence-corrected chi connectivity index (χ3v) is 5.55. The minimum absolute atomic E-state index is 0.0691. The molecular formula is C15H21N3O4S. The summed E-state index contributed by atoms with van der Waals surface area (Å²) in [6.45, 7) is 2.07. The molecule has 1 N–H and O–H groups in total. The molecule has 1 atom stereocenters. The topological polar surface area (TPSA) is 79.0 Å². The normalized spacial score (nSPS) is 22.1. The zero-order valence-corrected chi connectivity index (χ0v) is 13.9. The van der Waals surface area contributed by atoms with E-state index in [9.17, 15) is 13.2 Å². The van der Waals surface area contributed by atoms with Crippen LogP contribution in [0.5, 0.6) is 5.75 Å². The van der Waals surface area contributed by atoms with Gasteiger partial charge in [0.2, 0.25) is 10.0 Å². The first kappa shape index (κ1) is 16.1. The number of fused-ring (bicyclic) bond motifs is 1. The van der Waals surface area contributed by atoms with E-state index in [1.54, 1.807) is 4.90 Å². The third kappa shape index (κ3) is 3.59. The van der Waals surface area contributed by atoms with E-state index >= 15 is 0 Å². The third-order valence-electron chi connectivity index (χ3n) is 4.25. The van der Waals surface area contributed by atoms with Crippen LogP contribution in [0.4, 0.5) is 4.79 Å². The molecule has 2 aliphatic heterocycles. The van der Waals surface area contributed by atoms with Crippen molar-refractivity contribution >= 4 is 16.1 Å². The van der Waals surface area contributed by atoms with Crippen LogP contribution in [0.25, 0.3) is 0 Å². The van der Waals surface area contributed by atoms with Gasteiger partial charge in [-0.1, -0.05) is 18.2 Å². The lowest BCUT2D eigenvalue weighted by molar-refractivity contribution is 0.164. The van der Waals surface area contributed by atoms with Crippen LogP contribution in [0.3, 0.4) is 0 Å². The van der Waals surface area contributed by atoms with Gasteiger partial charge in [0.05, 0.1) is 18.9 Å². The minimum Gasteiger partial charge on any atom is -0.493 e. The molecule has 0 radical (unpaired) electrons. The Kier molecular flexibility index (Phi) is 4.45. The highest BCUT2D eigenvalue weighted by Crippen LogP contribution is 2.31. The van der Waals surface area contributed by atoms with Crippen molar-refractivity contribution in [2.24, 2.45) is 0 Å². The molecule has 0 saturated carbocycles.